The molecule has 9 nitrogen and oxygen atoms in total. The molecule has 0 aliphatic carbocycles. The van der Waals surface area contributed by atoms with Crippen molar-refractivity contribution in [1.82, 2.24) is 10.4 Å². The lowest BCUT2D eigenvalue weighted by Crippen LogP contribution is -2.56. The number of carbonyl (C=O) groups is 3. The van der Waals surface area contributed by atoms with Gasteiger partial charge in [0.1, 0.15) is 6.34 Å². The van der Waals surface area contributed by atoms with Crippen LogP contribution in [0.5, 0.6) is 0 Å². The summed E-state index contributed by atoms with van der Waals surface area (Å²) >= 11 is 0. The van der Waals surface area contributed by atoms with Gasteiger partial charge in [0.15, 0.2) is 6.04 Å². The van der Waals surface area contributed by atoms with Crippen LogP contribution in [0.15, 0.2) is 59.7 Å². The molecule has 0 saturated carbocycles. The predicted molar refractivity (Wildman–Crippen MR) is 123 cm³/mol. The summed E-state index contributed by atoms with van der Waals surface area (Å²) in [6, 6.07) is 14.1. The van der Waals surface area contributed by atoms with E-state index in [1.54, 1.807) is 42.5 Å². The van der Waals surface area contributed by atoms with Gasteiger partial charge in [-0.3, -0.25) is 15.0 Å². The van der Waals surface area contributed by atoms with Crippen LogP contribution in [0.1, 0.15) is 43.1 Å². The standard InChI is InChI=1S/C23H29N5O4/c1-23(2,3)14-20(29)28(19(22(31)32)12-16-8-5-4-6-9-16)27-21(30)17-10-7-11-18(13-17)25-15-26-24/h4-11,13,15,19H,12,14,24H2,1-3H3,(H,25,26)(H,27,30)(H,31,32)/t19-/m0/s1. The van der Waals surface area contributed by atoms with E-state index in [1.807, 2.05) is 26.8 Å². The Labute approximate surface area is 187 Å². The van der Waals surface area contributed by atoms with Crippen LogP contribution >= 0.6 is 0 Å². The molecule has 0 radical (unpaired) electrons. The summed E-state index contributed by atoms with van der Waals surface area (Å²) in [5.74, 6) is 2.76. The summed E-state index contributed by atoms with van der Waals surface area (Å²) in [6.45, 7) is 5.60. The first-order valence-corrected chi connectivity index (χ1v) is 10.1. The summed E-state index contributed by atoms with van der Waals surface area (Å²) in [5.41, 5.74) is 3.64. The Morgan fingerprint density at radius 1 is 1.12 bits per heavy atom. The maximum absolute atomic E-state index is 13.1. The molecule has 2 aromatic rings. The molecule has 170 valence electrons. The molecule has 9 heteroatoms. The van der Waals surface area contributed by atoms with Gasteiger partial charge in [0.25, 0.3) is 5.91 Å². The van der Waals surface area contributed by atoms with Crippen LogP contribution in [0, 0.1) is 5.41 Å². The zero-order valence-corrected chi connectivity index (χ0v) is 18.4. The minimum Gasteiger partial charge on any atom is -0.480 e. The van der Waals surface area contributed by atoms with Crippen LogP contribution < -0.4 is 16.6 Å². The lowest BCUT2D eigenvalue weighted by atomic mass is 9.91. The summed E-state index contributed by atoms with van der Waals surface area (Å²) in [6.07, 6.45) is 1.36. The van der Waals surface area contributed by atoms with Crippen LogP contribution in [0.2, 0.25) is 0 Å². The number of aliphatic carboxylic acids is 1. The average molecular weight is 440 g/mol. The van der Waals surface area contributed by atoms with Crippen LogP contribution in [-0.4, -0.2) is 40.3 Å². The zero-order chi connectivity index (χ0) is 23.7. The van der Waals surface area contributed by atoms with Gasteiger partial charge in [-0.05, 0) is 29.2 Å². The maximum atomic E-state index is 13.1. The second-order valence-corrected chi connectivity index (χ2v) is 8.49. The average Bonchev–Trinajstić information content (AvgIpc) is 2.74. The fraction of sp³-hybridized carbons (Fsp3) is 0.304. The number of hydrogen-bond donors (Lipinski definition) is 4. The summed E-state index contributed by atoms with van der Waals surface area (Å²) in [5, 5.41) is 17.0. The monoisotopic (exact) mass is 439 g/mol. The van der Waals surface area contributed by atoms with Gasteiger partial charge >= 0.3 is 5.97 Å². The molecule has 1 atom stereocenters. The van der Waals surface area contributed by atoms with E-state index in [0.29, 0.717) is 5.69 Å². The minimum atomic E-state index is -1.28. The van der Waals surface area contributed by atoms with E-state index < -0.39 is 29.2 Å². The Balaban J connectivity index is 2.34. The van der Waals surface area contributed by atoms with Gasteiger partial charge in [0.05, 0.1) is 0 Å². The first-order chi connectivity index (χ1) is 15.1. The summed E-state index contributed by atoms with van der Waals surface area (Å²) in [4.78, 5) is 38.1. The molecular formula is C23H29N5O4. The fourth-order valence-electron chi connectivity index (χ4n) is 3.02. The fourth-order valence-corrected chi connectivity index (χ4v) is 3.02. The van der Waals surface area contributed by atoms with E-state index in [9.17, 15) is 19.5 Å². The number of carboxylic acid groups (broad SMARTS) is 1. The number of carboxylic acids is 1. The molecule has 2 rings (SSSR count). The second kappa shape index (κ2) is 10.9. The van der Waals surface area contributed by atoms with Gasteiger partial charge in [-0.25, -0.2) is 9.80 Å². The number of benzene rings is 2. The van der Waals surface area contributed by atoms with Crippen molar-refractivity contribution in [3.63, 3.8) is 0 Å². The number of nitrogens with one attached hydrogen (secondary N) is 2. The zero-order valence-electron chi connectivity index (χ0n) is 18.4. The van der Waals surface area contributed by atoms with E-state index >= 15 is 0 Å². The number of hydrazone groups is 1. The van der Waals surface area contributed by atoms with E-state index in [1.165, 1.54) is 12.4 Å². The number of nitrogens with two attached hydrogens (primary N) is 1. The van der Waals surface area contributed by atoms with Crippen molar-refractivity contribution in [3.05, 3.63) is 65.7 Å². The first kappa shape index (κ1) is 24.4. The Kier molecular flexibility index (Phi) is 8.34. The maximum Gasteiger partial charge on any atom is 0.328 e. The van der Waals surface area contributed by atoms with Crippen molar-refractivity contribution in [2.45, 2.75) is 39.7 Å². The third-order valence-electron chi connectivity index (χ3n) is 4.47. The highest BCUT2D eigenvalue weighted by Crippen LogP contribution is 2.21. The number of amides is 2. The van der Waals surface area contributed by atoms with E-state index in [0.717, 1.165) is 10.6 Å². The molecule has 0 fully saturated rings. The Hall–Kier alpha value is -3.88. The van der Waals surface area contributed by atoms with Gasteiger partial charge in [-0.2, -0.15) is 5.10 Å². The molecule has 32 heavy (non-hydrogen) atoms. The number of nitrogens with zero attached hydrogens (tertiary/aromatic N) is 2. The summed E-state index contributed by atoms with van der Waals surface area (Å²) < 4.78 is 0. The highest BCUT2D eigenvalue weighted by molar-refractivity contribution is 5.97. The molecule has 0 unspecified atom stereocenters. The molecule has 2 amide bonds. The molecule has 5 N–H and O–H groups in total. The van der Waals surface area contributed by atoms with Crippen molar-refractivity contribution in [3.8, 4) is 0 Å². The summed E-state index contributed by atoms with van der Waals surface area (Å²) in [7, 11) is 0. The molecule has 0 bridgehead atoms. The van der Waals surface area contributed by atoms with Crippen molar-refractivity contribution in [2.24, 2.45) is 16.4 Å². The largest absolute Gasteiger partial charge is 0.480 e. The third-order valence-corrected chi connectivity index (χ3v) is 4.47. The number of anilines is 1. The van der Waals surface area contributed by atoms with Crippen molar-refractivity contribution in [1.29, 1.82) is 0 Å². The van der Waals surface area contributed by atoms with Gasteiger partial charge in [-0.15, -0.1) is 0 Å². The van der Waals surface area contributed by atoms with Crippen molar-refractivity contribution < 1.29 is 19.5 Å². The van der Waals surface area contributed by atoms with E-state index in [2.05, 4.69) is 15.8 Å². The minimum absolute atomic E-state index is 0.0426. The van der Waals surface area contributed by atoms with Crippen LogP contribution in [0.25, 0.3) is 0 Å². The molecule has 2 aromatic carbocycles. The normalized spacial score (nSPS) is 12.2. The molecule has 0 aromatic heterocycles. The Bertz CT molecular complexity index is 970. The van der Waals surface area contributed by atoms with Crippen molar-refractivity contribution in [2.75, 3.05) is 5.32 Å². The van der Waals surface area contributed by atoms with Gasteiger partial charge in [-0.1, -0.05) is 57.2 Å². The molecular weight excluding hydrogens is 410 g/mol. The van der Waals surface area contributed by atoms with E-state index in [4.69, 9.17) is 5.84 Å². The number of hydrazine groups is 1. The number of rotatable bonds is 8. The molecule has 0 saturated heterocycles. The Morgan fingerprint density at radius 3 is 2.41 bits per heavy atom. The topological polar surface area (TPSA) is 137 Å². The SMILES string of the molecule is CC(C)(C)CC(=O)N(NC(=O)c1cccc(NC=NN)c1)[C@@H](Cc1ccccc1)C(=O)O. The Morgan fingerprint density at radius 2 is 1.81 bits per heavy atom. The molecule has 0 aliphatic rings. The molecule has 0 aliphatic heterocycles. The van der Waals surface area contributed by atoms with Gasteiger partial charge < -0.3 is 16.3 Å². The van der Waals surface area contributed by atoms with Gasteiger partial charge in [0, 0.05) is 24.1 Å². The first-order valence-electron chi connectivity index (χ1n) is 10.1. The molecule has 0 spiro atoms. The van der Waals surface area contributed by atoms with Gasteiger partial charge in [0.2, 0.25) is 5.91 Å². The van der Waals surface area contributed by atoms with Crippen LogP contribution in [0.3, 0.4) is 0 Å². The third kappa shape index (κ3) is 7.42. The van der Waals surface area contributed by atoms with Crippen LogP contribution in [0.4, 0.5) is 5.69 Å². The lowest BCUT2D eigenvalue weighted by molar-refractivity contribution is -0.153. The van der Waals surface area contributed by atoms with Crippen LogP contribution in [-0.2, 0) is 16.0 Å². The number of carbonyl (C=O) groups excluding carboxylic acids is 2. The smallest absolute Gasteiger partial charge is 0.328 e. The van der Waals surface area contributed by atoms with Crippen molar-refractivity contribution >= 4 is 29.8 Å². The molecule has 0 heterocycles. The second-order valence-electron chi connectivity index (χ2n) is 8.49. The van der Waals surface area contributed by atoms with E-state index in [-0.39, 0.29) is 18.4 Å². The number of hydrogen-bond acceptors (Lipinski definition) is 5. The highest BCUT2D eigenvalue weighted by Gasteiger charge is 2.33. The lowest BCUT2D eigenvalue weighted by Gasteiger charge is -2.31. The quantitative estimate of drug-likeness (QED) is 0.216. The highest BCUT2D eigenvalue weighted by atomic mass is 16.4. The predicted octanol–water partition coefficient (Wildman–Crippen LogP) is 2.61.